The molecule has 1 aromatic carbocycles. The number of nitrogens with two attached hydrogens (primary N) is 1. The highest BCUT2D eigenvalue weighted by Gasteiger charge is 2.30. The van der Waals surface area contributed by atoms with Crippen LogP contribution in [0.4, 0.5) is 0 Å². The van der Waals surface area contributed by atoms with Crippen LogP contribution in [0.2, 0.25) is 0 Å². The van der Waals surface area contributed by atoms with E-state index in [2.05, 4.69) is 31.2 Å². The fraction of sp³-hybridized carbons (Fsp3) is 0.538. The van der Waals surface area contributed by atoms with Crippen molar-refractivity contribution in [3.8, 4) is 0 Å². The van der Waals surface area contributed by atoms with Gasteiger partial charge >= 0.3 is 0 Å². The molecule has 0 bridgehead atoms. The lowest BCUT2D eigenvalue weighted by Crippen LogP contribution is -2.21. The Morgan fingerprint density at radius 1 is 1.50 bits per heavy atom. The normalized spacial score (nSPS) is 25.4. The van der Waals surface area contributed by atoms with Crippen molar-refractivity contribution in [3.05, 3.63) is 35.4 Å². The lowest BCUT2D eigenvalue weighted by atomic mass is 10.1. The summed E-state index contributed by atoms with van der Waals surface area (Å²) in [6.45, 7) is 2.43. The minimum atomic E-state index is 0.155. The van der Waals surface area contributed by atoms with Crippen molar-refractivity contribution in [1.29, 1.82) is 0 Å². The Morgan fingerprint density at radius 2 is 2.25 bits per heavy atom. The maximum absolute atomic E-state index is 8.91. The molecule has 0 heterocycles. The summed E-state index contributed by atoms with van der Waals surface area (Å²) < 4.78 is 0. The number of fused-ring (bicyclic) bond motifs is 1. The van der Waals surface area contributed by atoms with Crippen LogP contribution in [0.5, 0.6) is 0 Å². The molecule has 3 atom stereocenters. The molecule has 0 saturated heterocycles. The van der Waals surface area contributed by atoms with E-state index < -0.39 is 0 Å². The van der Waals surface area contributed by atoms with Crippen LogP contribution in [-0.2, 0) is 6.42 Å². The summed E-state index contributed by atoms with van der Waals surface area (Å²) in [7, 11) is 0. The highest BCUT2D eigenvalue weighted by molar-refractivity contribution is 8.00. The number of aliphatic hydroxyl groups excluding tert-OH is 1. The molecule has 1 aliphatic rings. The van der Waals surface area contributed by atoms with Crippen molar-refractivity contribution >= 4 is 11.8 Å². The molecule has 0 amide bonds. The minimum Gasteiger partial charge on any atom is -0.396 e. The molecule has 3 unspecified atom stereocenters. The summed E-state index contributed by atoms with van der Waals surface area (Å²) in [5.74, 6) is 0. The van der Waals surface area contributed by atoms with Crippen molar-refractivity contribution in [2.45, 2.75) is 36.3 Å². The molecular weight excluding hydrogens is 218 g/mol. The van der Waals surface area contributed by atoms with Gasteiger partial charge in [0.15, 0.2) is 0 Å². The zero-order valence-corrected chi connectivity index (χ0v) is 10.4. The Bertz CT molecular complexity index is 356. The molecule has 88 valence electrons. The lowest BCUT2D eigenvalue weighted by Gasteiger charge is -2.19. The zero-order valence-electron chi connectivity index (χ0n) is 9.60. The van der Waals surface area contributed by atoms with E-state index in [0.717, 1.165) is 12.8 Å². The topological polar surface area (TPSA) is 46.2 Å². The van der Waals surface area contributed by atoms with Gasteiger partial charge in [-0.2, -0.15) is 11.8 Å². The SMILES string of the molecule is CC(CCO)SC1Cc2ccccc2C1N. The zero-order chi connectivity index (χ0) is 11.5. The molecule has 0 aromatic heterocycles. The van der Waals surface area contributed by atoms with Crippen LogP contribution in [0.25, 0.3) is 0 Å². The summed E-state index contributed by atoms with van der Waals surface area (Å²) in [5.41, 5.74) is 8.95. The summed E-state index contributed by atoms with van der Waals surface area (Å²) in [5, 5.41) is 9.86. The molecule has 0 spiro atoms. The maximum atomic E-state index is 8.91. The van der Waals surface area contributed by atoms with Crippen molar-refractivity contribution in [3.63, 3.8) is 0 Å². The second-order valence-corrected chi connectivity index (χ2v) is 6.11. The third kappa shape index (κ3) is 2.42. The van der Waals surface area contributed by atoms with E-state index >= 15 is 0 Å². The Morgan fingerprint density at radius 3 is 2.94 bits per heavy atom. The smallest absolute Gasteiger partial charge is 0.0441 e. The second-order valence-electron chi connectivity index (χ2n) is 4.43. The molecule has 0 fully saturated rings. The maximum Gasteiger partial charge on any atom is 0.0441 e. The van der Waals surface area contributed by atoms with E-state index in [1.54, 1.807) is 0 Å². The third-order valence-corrected chi connectivity index (χ3v) is 4.69. The monoisotopic (exact) mass is 237 g/mol. The number of hydrogen-bond donors (Lipinski definition) is 2. The number of thioether (sulfide) groups is 1. The van der Waals surface area contributed by atoms with Gasteiger partial charge in [0.1, 0.15) is 0 Å². The molecule has 1 aromatic rings. The first-order valence-electron chi connectivity index (χ1n) is 5.82. The molecule has 16 heavy (non-hydrogen) atoms. The largest absolute Gasteiger partial charge is 0.396 e. The van der Waals surface area contributed by atoms with Gasteiger partial charge in [-0.1, -0.05) is 31.2 Å². The minimum absolute atomic E-state index is 0.155. The van der Waals surface area contributed by atoms with Gasteiger partial charge in [-0.15, -0.1) is 0 Å². The quantitative estimate of drug-likeness (QED) is 0.843. The van der Waals surface area contributed by atoms with E-state index in [4.69, 9.17) is 10.8 Å². The van der Waals surface area contributed by atoms with Crippen LogP contribution in [-0.4, -0.2) is 22.2 Å². The Hall–Kier alpha value is -0.510. The molecule has 1 aliphatic carbocycles. The first-order valence-corrected chi connectivity index (χ1v) is 6.76. The van der Waals surface area contributed by atoms with Gasteiger partial charge in [0.05, 0.1) is 0 Å². The van der Waals surface area contributed by atoms with Crippen molar-refractivity contribution in [2.24, 2.45) is 5.73 Å². The van der Waals surface area contributed by atoms with Crippen LogP contribution in [0.3, 0.4) is 0 Å². The Kier molecular flexibility index (Phi) is 3.90. The van der Waals surface area contributed by atoms with Gasteiger partial charge in [0, 0.05) is 23.1 Å². The van der Waals surface area contributed by atoms with E-state index in [0.29, 0.717) is 10.5 Å². The van der Waals surface area contributed by atoms with Crippen molar-refractivity contribution < 1.29 is 5.11 Å². The standard InChI is InChI=1S/C13H19NOS/c1-9(6-7-15)16-12-8-10-4-2-3-5-11(10)13(12)14/h2-5,9,12-13,15H,6-8,14H2,1H3. The van der Waals surface area contributed by atoms with Crippen LogP contribution < -0.4 is 5.73 Å². The van der Waals surface area contributed by atoms with E-state index in [-0.39, 0.29) is 12.6 Å². The van der Waals surface area contributed by atoms with Crippen molar-refractivity contribution in [2.75, 3.05) is 6.61 Å². The van der Waals surface area contributed by atoms with Gasteiger partial charge < -0.3 is 10.8 Å². The number of aliphatic hydroxyl groups is 1. The van der Waals surface area contributed by atoms with E-state index in [1.165, 1.54) is 11.1 Å². The van der Waals surface area contributed by atoms with Crippen LogP contribution in [0, 0.1) is 0 Å². The van der Waals surface area contributed by atoms with Crippen LogP contribution in [0.1, 0.15) is 30.5 Å². The third-order valence-electron chi connectivity index (χ3n) is 3.18. The molecule has 3 heteroatoms. The number of benzene rings is 1. The summed E-state index contributed by atoms with van der Waals surface area (Å²) >= 11 is 1.91. The fourth-order valence-electron chi connectivity index (χ4n) is 2.27. The van der Waals surface area contributed by atoms with Gasteiger partial charge in [-0.3, -0.25) is 0 Å². The summed E-state index contributed by atoms with van der Waals surface area (Å²) in [4.78, 5) is 0. The molecule has 2 rings (SSSR count). The molecule has 2 nitrogen and oxygen atoms in total. The van der Waals surface area contributed by atoms with Crippen molar-refractivity contribution in [1.82, 2.24) is 0 Å². The number of rotatable bonds is 4. The number of hydrogen-bond acceptors (Lipinski definition) is 3. The predicted octanol–water partition coefficient (Wildman–Crippen LogP) is 2.12. The average molecular weight is 237 g/mol. The van der Waals surface area contributed by atoms with Gasteiger partial charge in [-0.25, -0.2) is 0 Å². The highest BCUT2D eigenvalue weighted by Crippen LogP contribution is 2.38. The molecule has 0 radical (unpaired) electrons. The van der Waals surface area contributed by atoms with Gasteiger partial charge in [0.25, 0.3) is 0 Å². The first-order chi connectivity index (χ1) is 7.72. The van der Waals surface area contributed by atoms with Gasteiger partial charge in [0.2, 0.25) is 0 Å². The Labute approximate surface area is 101 Å². The van der Waals surface area contributed by atoms with E-state index in [9.17, 15) is 0 Å². The highest BCUT2D eigenvalue weighted by atomic mass is 32.2. The molecule has 3 N–H and O–H groups in total. The predicted molar refractivity (Wildman–Crippen MR) is 69.6 cm³/mol. The van der Waals surface area contributed by atoms with Crippen LogP contribution in [0.15, 0.2) is 24.3 Å². The van der Waals surface area contributed by atoms with Crippen LogP contribution >= 0.6 is 11.8 Å². The average Bonchev–Trinajstić information content (AvgIpc) is 2.57. The Balaban J connectivity index is 2.01. The second kappa shape index (κ2) is 5.21. The summed E-state index contributed by atoms with van der Waals surface area (Å²) in [6, 6.07) is 8.60. The molecule has 0 aliphatic heterocycles. The fourth-order valence-corrected chi connectivity index (χ4v) is 3.70. The van der Waals surface area contributed by atoms with Gasteiger partial charge in [-0.05, 0) is 24.0 Å². The van der Waals surface area contributed by atoms with E-state index in [1.807, 2.05) is 11.8 Å². The lowest BCUT2D eigenvalue weighted by molar-refractivity contribution is 0.288. The molecular formula is C13H19NOS. The molecule has 0 saturated carbocycles. The summed E-state index contributed by atoms with van der Waals surface area (Å²) in [6.07, 6.45) is 1.92. The first kappa shape index (κ1) is 12.0.